The predicted molar refractivity (Wildman–Crippen MR) is 106 cm³/mol. The molecule has 0 aromatic heterocycles. The SMILES string of the molecule is CCOc1ccc(N2C(=O)NC(=O)C(=Cc3ccc(O)c(OCC)c3)C2=O)cc1. The summed E-state index contributed by atoms with van der Waals surface area (Å²) in [7, 11) is 0. The molecule has 0 aliphatic carbocycles. The van der Waals surface area contributed by atoms with Gasteiger partial charge in [0.1, 0.15) is 11.3 Å². The van der Waals surface area contributed by atoms with Crippen LogP contribution >= 0.6 is 0 Å². The molecule has 8 nitrogen and oxygen atoms in total. The zero-order valence-electron chi connectivity index (χ0n) is 16.0. The number of imide groups is 2. The van der Waals surface area contributed by atoms with Crippen LogP contribution in [0.1, 0.15) is 19.4 Å². The number of rotatable bonds is 6. The maximum Gasteiger partial charge on any atom is 0.335 e. The molecule has 1 fully saturated rings. The van der Waals surface area contributed by atoms with Gasteiger partial charge in [-0.1, -0.05) is 6.07 Å². The second kappa shape index (κ2) is 8.47. The van der Waals surface area contributed by atoms with Crippen molar-refractivity contribution in [1.82, 2.24) is 5.32 Å². The summed E-state index contributed by atoms with van der Waals surface area (Å²) >= 11 is 0. The van der Waals surface area contributed by atoms with Crippen LogP contribution in [0.4, 0.5) is 10.5 Å². The molecule has 3 rings (SSSR count). The van der Waals surface area contributed by atoms with E-state index in [9.17, 15) is 19.5 Å². The number of phenols is 1. The summed E-state index contributed by atoms with van der Waals surface area (Å²) in [6, 6.07) is 9.99. The fourth-order valence-corrected chi connectivity index (χ4v) is 2.81. The van der Waals surface area contributed by atoms with Crippen LogP contribution in [-0.2, 0) is 9.59 Å². The first-order chi connectivity index (χ1) is 13.9. The van der Waals surface area contributed by atoms with E-state index in [1.807, 2.05) is 6.92 Å². The number of hydrogen-bond acceptors (Lipinski definition) is 6. The Morgan fingerprint density at radius 1 is 1.00 bits per heavy atom. The van der Waals surface area contributed by atoms with Crippen LogP contribution in [0.3, 0.4) is 0 Å². The minimum Gasteiger partial charge on any atom is -0.504 e. The summed E-state index contributed by atoms with van der Waals surface area (Å²) in [5.41, 5.74) is 0.549. The highest BCUT2D eigenvalue weighted by atomic mass is 16.5. The van der Waals surface area contributed by atoms with Crippen LogP contribution < -0.4 is 19.7 Å². The number of benzene rings is 2. The monoisotopic (exact) mass is 396 g/mol. The molecule has 150 valence electrons. The number of phenolic OH excluding ortho intramolecular Hbond substituents is 1. The molecule has 0 bridgehead atoms. The maximum atomic E-state index is 12.9. The lowest BCUT2D eigenvalue weighted by Gasteiger charge is -2.26. The van der Waals surface area contributed by atoms with E-state index in [4.69, 9.17) is 9.47 Å². The number of nitrogens with one attached hydrogen (secondary N) is 1. The summed E-state index contributed by atoms with van der Waals surface area (Å²) < 4.78 is 10.7. The van der Waals surface area contributed by atoms with Gasteiger partial charge in [-0.25, -0.2) is 9.69 Å². The number of carbonyl (C=O) groups is 3. The van der Waals surface area contributed by atoms with Gasteiger partial charge in [-0.2, -0.15) is 0 Å². The molecule has 29 heavy (non-hydrogen) atoms. The number of hydrogen-bond donors (Lipinski definition) is 2. The lowest BCUT2D eigenvalue weighted by atomic mass is 10.1. The number of nitrogens with zero attached hydrogens (tertiary/aromatic N) is 1. The maximum absolute atomic E-state index is 12.9. The fraction of sp³-hybridized carbons (Fsp3) is 0.190. The van der Waals surface area contributed by atoms with Crippen LogP contribution in [0.5, 0.6) is 17.2 Å². The number of aromatic hydroxyl groups is 1. The van der Waals surface area contributed by atoms with E-state index < -0.39 is 17.8 Å². The fourth-order valence-electron chi connectivity index (χ4n) is 2.81. The topological polar surface area (TPSA) is 105 Å². The molecule has 1 aliphatic heterocycles. The van der Waals surface area contributed by atoms with Crippen molar-refractivity contribution in [3.05, 3.63) is 53.6 Å². The first-order valence-electron chi connectivity index (χ1n) is 9.04. The Bertz CT molecular complexity index is 981. The molecular formula is C21H20N2O6. The number of barbiturate groups is 1. The molecule has 0 spiro atoms. The van der Waals surface area contributed by atoms with E-state index >= 15 is 0 Å². The van der Waals surface area contributed by atoms with E-state index in [0.717, 1.165) is 4.90 Å². The summed E-state index contributed by atoms with van der Waals surface area (Å²) in [4.78, 5) is 38.3. The zero-order chi connectivity index (χ0) is 21.0. The Balaban J connectivity index is 1.94. The zero-order valence-corrected chi connectivity index (χ0v) is 16.0. The van der Waals surface area contributed by atoms with Crippen molar-refractivity contribution in [3.8, 4) is 17.2 Å². The van der Waals surface area contributed by atoms with Gasteiger partial charge in [-0.3, -0.25) is 14.9 Å². The predicted octanol–water partition coefficient (Wildman–Crippen LogP) is 2.86. The van der Waals surface area contributed by atoms with Crippen molar-refractivity contribution in [1.29, 1.82) is 0 Å². The van der Waals surface area contributed by atoms with Gasteiger partial charge in [0.2, 0.25) is 0 Å². The molecule has 2 N–H and O–H groups in total. The summed E-state index contributed by atoms with van der Waals surface area (Å²) in [6.45, 7) is 4.44. The van der Waals surface area contributed by atoms with Crippen molar-refractivity contribution in [2.45, 2.75) is 13.8 Å². The van der Waals surface area contributed by atoms with E-state index in [-0.39, 0.29) is 17.1 Å². The average molecular weight is 396 g/mol. The minimum absolute atomic E-state index is 0.0559. The lowest BCUT2D eigenvalue weighted by Crippen LogP contribution is -2.54. The molecule has 0 radical (unpaired) electrons. The third kappa shape index (κ3) is 4.21. The molecule has 1 heterocycles. The molecule has 0 saturated carbocycles. The lowest BCUT2D eigenvalue weighted by molar-refractivity contribution is -0.122. The standard InChI is InChI=1S/C21H20N2O6/c1-3-28-15-8-6-14(7-9-15)23-20(26)16(19(25)22-21(23)27)11-13-5-10-17(24)18(12-13)29-4-2/h5-12,24H,3-4H2,1-2H3,(H,22,25,27). The van der Waals surface area contributed by atoms with E-state index in [1.54, 1.807) is 31.2 Å². The smallest absolute Gasteiger partial charge is 0.335 e. The number of urea groups is 1. The molecular weight excluding hydrogens is 376 g/mol. The van der Waals surface area contributed by atoms with E-state index in [0.29, 0.717) is 30.2 Å². The largest absolute Gasteiger partial charge is 0.504 e. The summed E-state index contributed by atoms with van der Waals surface area (Å²) in [5, 5.41) is 12.0. The Labute approximate surface area is 167 Å². The minimum atomic E-state index is -0.831. The molecule has 2 aromatic rings. The molecule has 1 saturated heterocycles. The first-order valence-corrected chi connectivity index (χ1v) is 9.04. The van der Waals surface area contributed by atoms with Gasteiger partial charge in [0.05, 0.1) is 18.9 Å². The molecule has 8 heteroatoms. The van der Waals surface area contributed by atoms with Crippen molar-refractivity contribution < 1.29 is 29.0 Å². The van der Waals surface area contributed by atoms with Gasteiger partial charge >= 0.3 is 6.03 Å². The number of carbonyl (C=O) groups excluding carboxylic acids is 3. The highest BCUT2D eigenvalue weighted by molar-refractivity contribution is 6.39. The third-order valence-corrected chi connectivity index (χ3v) is 4.10. The second-order valence-corrected chi connectivity index (χ2v) is 6.04. The van der Waals surface area contributed by atoms with Gasteiger partial charge in [-0.15, -0.1) is 0 Å². The molecule has 0 atom stereocenters. The Morgan fingerprint density at radius 3 is 2.34 bits per heavy atom. The van der Waals surface area contributed by atoms with Gasteiger partial charge in [0, 0.05) is 0 Å². The van der Waals surface area contributed by atoms with Crippen molar-refractivity contribution in [3.63, 3.8) is 0 Å². The van der Waals surface area contributed by atoms with Gasteiger partial charge in [-0.05, 0) is 61.9 Å². The molecule has 4 amide bonds. The van der Waals surface area contributed by atoms with E-state index in [2.05, 4.69) is 5.32 Å². The number of amides is 4. The van der Waals surface area contributed by atoms with Crippen molar-refractivity contribution in [2.24, 2.45) is 0 Å². The van der Waals surface area contributed by atoms with E-state index in [1.165, 1.54) is 24.3 Å². The summed E-state index contributed by atoms with van der Waals surface area (Å²) in [6.07, 6.45) is 1.34. The highest BCUT2D eigenvalue weighted by Crippen LogP contribution is 2.29. The van der Waals surface area contributed by atoms with Crippen LogP contribution in [-0.4, -0.2) is 36.2 Å². The average Bonchev–Trinajstić information content (AvgIpc) is 2.69. The van der Waals surface area contributed by atoms with Crippen LogP contribution in [0.2, 0.25) is 0 Å². The third-order valence-electron chi connectivity index (χ3n) is 4.10. The van der Waals surface area contributed by atoms with Crippen LogP contribution in [0, 0.1) is 0 Å². The molecule has 2 aromatic carbocycles. The van der Waals surface area contributed by atoms with Crippen molar-refractivity contribution in [2.75, 3.05) is 18.1 Å². The number of ether oxygens (including phenoxy) is 2. The second-order valence-electron chi connectivity index (χ2n) is 6.04. The Morgan fingerprint density at radius 2 is 1.69 bits per heavy atom. The molecule has 0 unspecified atom stereocenters. The van der Waals surface area contributed by atoms with Gasteiger partial charge in [0.25, 0.3) is 11.8 Å². The van der Waals surface area contributed by atoms with Crippen molar-refractivity contribution >= 4 is 29.6 Å². The Kier molecular flexibility index (Phi) is 5.82. The van der Waals surface area contributed by atoms with Crippen LogP contribution in [0.25, 0.3) is 6.08 Å². The number of anilines is 1. The van der Waals surface area contributed by atoms with Gasteiger partial charge in [0.15, 0.2) is 11.5 Å². The highest BCUT2D eigenvalue weighted by Gasteiger charge is 2.36. The Hall–Kier alpha value is -3.81. The van der Waals surface area contributed by atoms with Gasteiger partial charge < -0.3 is 14.6 Å². The van der Waals surface area contributed by atoms with Crippen LogP contribution in [0.15, 0.2) is 48.0 Å². The normalized spacial score (nSPS) is 15.4. The first kappa shape index (κ1) is 19.9. The summed E-state index contributed by atoms with van der Waals surface area (Å²) in [5.74, 6) is -0.785. The molecule has 1 aliphatic rings. The quantitative estimate of drug-likeness (QED) is 0.575.